The molecule has 1 aromatic carbocycles. The van der Waals surface area contributed by atoms with E-state index < -0.39 is 11.7 Å². The Morgan fingerprint density at radius 2 is 1.83 bits per heavy atom. The van der Waals surface area contributed by atoms with Gasteiger partial charge in [-0.15, -0.1) is 0 Å². The van der Waals surface area contributed by atoms with Crippen LogP contribution in [0.3, 0.4) is 0 Å². The topological polar surface area (TPSA) is 29.1 Å². The van der Waals surface area contributed by atoms with Crippen molar-refractivity contribution in [3.8, 4) is 0 Å². The maximum Gasteiger partial charge on any atom is 0.254 e. The maximum atomic E-state index is 13.6. The molecule has 2 nitrogen and oxygen atoms in total. The SMILES string of the molecule is CCC(CC)(CC)NC(=O)c1cc(Cl)ccc1F. The van der Waals surface area contributed by atoms with E-state index in [4.69, 9.17) is 11.6 Å². The summed E-state index contributed by atoms with van der Waals surface area (Å²) in [7, 11) is 0. The molecule has 18 heavy (non-hydrogen) atoms. The Balaban J connectivity index is 2.97. The van der Waals surface area contributed by atoms with Crippen molar-refractivity contribution < 1.29 is 9.18 Å². The van der Waals surface area contributed by atoms with Crippen molar-refractivity contribution in [2.45, 2.75) is 45.6 Å². The highest BCUT2D eigenvalue weighted by molar-refractivity contribution is 6.31. The molecule has 0 saturated carbocycles. The van der Waals surface area contributed by atoms with Gasteiger partial charge in [0.2, 0.25) is 0 Å². The zero-order valence-electron chi connectivity index (χ0n) is 11.0. The molecule has 4 heteroatoms. The van der Waals surface area contributed by atoms with Gasteiger partial charge in [0, 0.05) is 10.6 Å². The largest absolute Gasteiger partial charge is 0.347 e. The van der Waals surface area contributed by atoms with Crippen LogP contribution >= 0.6 is 11.6 Å². The van der Waals surface area contributed by atoms with Crippen LogP contribution in [0, 0.1) is 5.82 Å². The Kier molecular flexibility index (Phi) is 5.15. The molecule has 0 aliphatic heterocycles. The average molecular weight is 272 g/mol. The summed E-state index contributed by atoms with van der Waals surface area (Å²) in [6.45, 7) is 6.05. The van der Waals surface area contributed by atoms with Crippen LogP contribution in [0.25, 0.3) is 0 Å². The van der Waals surface area contributed by atoms with E-state index in [0.717, 1.165) is 19.3 Å². The van der Waals surface area contributed by atoms with Crippen molar-refractivity contribution in [3.05, 3.63) is 34.6 Å². The quantitative estimate of drug-likeness (QED) is 0.855. The molecule has 1 rings (SSSR count). The summed E-state index contributed by atoms with van der Waals surface area (Å²) in [5, 5.41) is 3.28. The number of nitrogens with one attached hydrogen (secondary N) is 1. The van der Waals surface area contributed by atoms with E-state index in [1.54, 1.807) is 0 Å². The highest BCUT2D eigenvalue weighted by Gasteiger charge is 2.27. The van der Waals surface area contributed by atoms with Crippen LogP contribution in [-0.2, 0) is 0 Å². The van der Waals surface area contributed by atoms with Crippen LogP contribution in [0.5, 0.6) is 0 Å². The number of carbonyl (C=O) groups excluding carboxylic acids is 1. The summed E-state index contributed by atoms with van der Waals surface area (Å²) in [6, 6.07) is 4.00. The first-order chi connectivity index (χ1) is 8.48. The minimum absolute atomic E-state index is 0.00206. The third-order valence-electron chi connectivity index (χ3n) is 3.58. The second kappa shape index (κ2) is 6.19. The first-order valence-corrected chi connectivity index (χ1v) is 6.63. The molecular weight excluding hydrogens is 253 g/mol. The molecule has 0 aromatic heterocycles. The number of rotatable bonds is 5. The van der Waals surface area contributed by atoms with Gasteiger partial charge in [-0.2, -0.15) is 0 Å². The van der Waals surface area contributed by atoms with Gasteiger partial charge in [0.15, 0.2) is 0 Å². The van der Waals surface area contributed by atoms with E-state index in [1.165, 1.54) is 18.2 Å². The minimum Gasteiger partial charge on any atom is -0.347 e. The number of benzene rings is 1. The number of amides is 1. The lowest BCUT2D eigenvalue weighted by Crippen LogP contribution is -2.47. The predicted octanol–water partition coefficient (Wildman–Crippen LogP) is 4.18. The third kappa shape index (κ3) is 3.22. The molecule has 1 N–H and O–H groups in total. The van der Waals surface area contributed by atoms with Crippen molar-refractivity contribution in [2.24, 2.45) is 0 Å². The minimum atomic E-state index is -0.547. The second-order valence-corrected chi connectivity index (χ2v) is 4.86. The van der Waals surface area contributed by atoms with Gasteiger partial charge in [-0.1, -0.05) is 32.4 Å². The second-order valence-electron chi connectivity index (χ2n) is 4.42. The maximum absolute atomic E-state index is 13.6. The summed E-state index contributed by atoms with van der Waals surface area (Å²) >= 11 is 5.79. The summed E-state index contributed by atoms with van der Waals surface area (Å²) in [5.74, 6) is -0.949. The molecule has 0 spiro atoms. The van der Waals surface area contributed by atoms with E-state index in [0.29, 0.717) is 5.02 Å². The van der Waals surface area contributed by atoms with Gasteiger partial charge in [0.1, 0.15) is 5.82 Å². The van der Waals surface area contributed by atoms with Crippen molar-refractivity contribution in [2.75, 3.05) is 0 Å². The summed E-state index contributed by atoms with van der Waals surface area (Å²) in [6.07, 6.45) is 2.44. The molecule has 0 unspecified atom stereocenters. The van der Waals surface area contributed by atoms with Crippen LogP contribution in [0.1, 0.15) is 50.4 Å². The Morgan fingerprint density at radius 1 is 1.28 bits per heavy atom. The normalized spacial score (nSPS) is 11.4. The summed E-state index contributed by atoms with van der Waals surface area (Å²) < 4.78 is 13.6. The molecule has 0 fully saturated rings. The zero-order chi connectivity index (χ0) is 13.8. The van der Waals surface area contributed by atoms with E-state index in [9.17, 15) is 9.18 Å². The molecule has 0 aliphatic carbocycles. The fraction of sp³-hybridized carbons (Fsp3) is 0.500. The number of hydrogen-bond donors (Lipinski definition) is 1. The van der Waals surface area contributed by atoms with Gasteiger partial charge in [-0.05, 0) is 37.5 Å². The first-order valence-electron chi connectivity index (χ1n) is 6.25. The number of halogens is 2. The Labute approximate surface area is 113 Å². The fourth-order valence-corrected chi connectivity index (χ4v) is 2.17. The molecule has 0 saturated heterocycles. The average Bonchev–Trinajstić information content (AvgIpc) is 2.38. The van der Waals surface area contributed by atoms with Crippen molar-refractivity contribution in [3.63, 3.8) is 0 Å². The smallest absolute Gasteiger partial charge is 0.254 e. The van der Waals surface area contributed by atoms with Gasteiger partial charge < -0.3 is 5.32 Å². The van der Waals surface area contributed by atoms with Gasteiger partial charge in [0.25, 0.3) is 5.91 Å². The van der Waals surface area contributed by atoms with Crippen LogP contribution in [0.2, 0.25) is 5.02 Å². The Hall–Kier alpha value is -1.09. The van der Waals surface area contributed by atoms with E-state index in [-0.39, 0.29) is 11.1 Å². The first kappa shape index (κ1) is 15.0. The summed E-state index contributed by atoms with van der Waals surface area (Å²) in [5.41, 5.74) is -0.270. The summed E-state index contributed by atoms with van der Waals surface area (Å²) in [4.78, 5) is 12.1. The lowest BCUT2D eigenvalue weighted by molar-refractivity contribution is 0.0884. The molecule has 100 valence electrons. The Bertz CT molecular complexity index is 422. The monoisotopic (exact) mass is 271 g/mol. The number of carbonyl (C=O) groups is 1. The number of hydrogen-bond acceptors (Lipinski definition) is 1. The van der Waals surface area contributed by atoms with Crippen molar-refractivity contribution in [1.82, 2.24) is 5.32 Å². The Morgan fingerprint density at radius 3 is 2.33 bits per heavy atom. The van der Waals surface area contributed by atoms with Crippen LogP contribution in [0.15, 0.2) is 18.2 Å². The molecular formula is C14H19ClFNO. The van der Waals surface area contributed by atoms with Gasteiger partial charge in [0.05, 0.1) is 5.56 Å². The molecule has 0 aliphatic rings. The molecule has 0 radical (unpaired) electrons. The predicted molar refractivity (Wildman–Crippen MR) is 72.5 cm³/mol. The van der Waals surface area contributed by atoms with Crippen LogP contribution in [0.4, 0.5) is 4.39 Å². The van der Waals surface area contributed by atoms with E-state index >= 15 is 0 Å². The lowest BCUT2D eigenvalue weighted by Gasteiger charge is -2.31. The van der Waals surface area contributed by atoms with Gasteiger partial charge in [-0.3, -0.25) is 4.79 Å². The zero-order valence-corrected chi connectivity index (χ0v) is 11.8. The molecule has 0 atom stereocenters. The van der Waals surface area contributed by atoms with Crippen molar-refractivity contribution >= 4 is 17.5 Å². The van der Waals surface area contributed by atoms with E-state index in [2.05, 4.69) is 5.32 Å². The van der Waals surface area contributed by atoms with Crippen LogP contribution < -0.4 is 5.32 Å². The molecule has 0 bridgehead atoms. The van der Waals surface area contributed by atoms with Crippen LogP contribution in [-0.4, -0.2) is 11.4 Å². The molecule has 1 aromatic rings. The fourth-order valence-electron chi connectivity index (χ4n) is 1.99. The van der Waals surface area contributed by atoms with Crippen molar-refractivity contribution in [1.29, 1.82) is 0 Å². The van der Waals surface area contributed by atoms with Gasteiger partial charge >= 0.3 is 0 Å². The molecule has 0 heterocycles. The highest BCUT2D eigenvalue weighted by Crippen LogP contribution is 2.21. The third-order valence-corrected chi connectivity index (χ3v) is 3.82. The molecule has 1 amide bonds. The van der Waals surface area contributed by atoms with E-state index in [1.807, 2.05) is 20.8 Å². The lowest BCUT2D eigenvalue weighted by atomic mass is 9.89. The standard InChI is InChI=1S/C14H19ClFNO/c1-4-14(5-2,6-3)17-13(18)11-9-10(15)7-8-12(11)16/h7-9H,4-6H2,1-3H3,(H,17,18). The van der Waals surface area contributed by atoms with Gasteiger partial charge in [-0.25, -0.2) is 4.39 Å². The highest BCUT2D eigenvalue weighted by atomic mass is 35.5.